The molecule has 0 saturated carbocycles. The van der Waals surface area contributed by atoms with Crippen LogP contribution in [0.25, 0.3) is 22.3 Å². The molecule has 0 spiro atoms. The molecule has 0 aliphatic rings. The van der Waals surface area contributed by atoms with Gasteiger partial charge in [0.25, 0.3) is 0 Å². The first-order valence-corrected chi connectivity index (χ1v) is 8.41. The normalized spacial score (nSPS) is 9.73. The number of benzene rings is 2. The van der Waals surface area contributed by atoms with E-state index in [2.05, 4.69) is 21.0 Å². The van der Waals surface area contributed by atoms with Crippen LogP contribution in [0.4, 0.5) is 0 Å². The van der Waals surface area contributed by atoms with Gasteiger partial charge < -0.3 is 5.11 Å². The summed E-state index contributed by atoms with van der Waals surface area (Å²) < 4.78 is 0. The van der Waals surface area contributed by atoms with E-state index in [0.717, 1.165) is 28.0 Å². The van der Waals surface area contributed by atoms with Gasteiger partial charge in [-0.3, -0.25) is 9.97 Å². The molecule has 2 aromatic heterocycles. The summed E-state index contributed by atoms with van der Waals surface area (Å²) in [5.74, 6) is -0.966. The number of thiazole rings is 1. The smallest absolute Gasteiger partial charge is 0.355 e. The van der Waals surface area contributed by atoms with Gasteiger partial charge in [0.1, 0.15) is 0 Å². The minimum Gasteiger partial charge on any atom is -0.476 e. The molecule has 0 aliphatic heterocycles. The van der Waals surface area contributed by atoms with Gasteiger partial charge in [-0.25, -0.2) is 9.78 Å². The number of carboxylic acids is 1. The van der Waals surface area contributed by atoms with Crippen LogP contribution in [0.1, 0.15) is 16.2 Å². The minimum atomic E-state index is -0.966. The van der Waals surface area contributed by atoms with Gasteiger partial charge in [0.2, 0.25) is 0 Å². The predicted molar refractivity (Wildman–Crippen MR) is 97.6 cm³/mol. The molecule has 0 atom stereocenters. The Morgan fingerprint density at radius 1 is 1.08 bits per heavy atom. The average Bonchev–Trinajstić information content (AvgIpc) is 3.17. The Balaban J connectivity index is 0.000000230. The Labute approximate surface area is 168 Å². The predicted octanol–water partition coefficient (Wildman–Crippen LogP) is 4.24. The first-order chi connectivity index (χ1) is 12.1. The van der Waals surface area contributed by atoms with Crippen LogP contribution in [0, 0.1) is 13.0 Å². The van der Waals surface area contributed by atoms with Crippen LogP contribution in [-0.4, -0.2) is 26.0 Å². The van der Waals surface area contributed by atoms with Gasteiger partial charge in [0.05, 0.1) is 16.5 Å². The third-order valence-electron chi connectivity index (χ3n) is 3.36. The standard InChI is InChI=1S/C15H11N2.C4H3NO2S.Ir/c1-11-15(12-7-3-2-4-8-12)17-14-10-6-5-9-13(14)16-11;6-4(7)3-1-8-2-5-3;/h2-7,9-10H,1H3;1-2H,(H,6,7);/q-1;;. The van der Waals surface area contributed by atoms with E-state index in [1.54, 1.807) is 0 Å². The van der Waals surface area contributed by atoms with Crippen molar-refractivity contribution in [3.05, 3.63) is 76.9 Å². The van der Waals surface area contributed by atoms with E-state index in [1.807, 2.05) is 55.5 Å². The van der Waals surface area contributed by atoms with Gasteiger partial charge in [-0.2, -0.15) is 0 Å². The summed E-state index contributed by atoms with van der Waals surface area (Å²) in [6, 6.07) is 18.9. The van der Waals surface area contributed by atoms with Gasteiger partial charge in [-0.05, 0) is 19.1 Å². The molecule has 4 rings (SSSR count). The number of carboxylic acid groups (broad SMARTS) is 1. The third kappa shape index (κ3) is 4.79. The molecule has 26 heavy (non-hydrogen) atoms. The van der Waals surface area contributed by atoms with Crippen molar-refractivity contribution >= 4 is 28.3 Å². The fourth-order valence-electron chi connectivity index (χ4n) is 2.20. The molecular weight excluding hydrogens is 527 g/mol. The number of aryl methyl sites for hydroxylation is 1. The maximum atomic E-state index is 10.0. The molecule has 0 bridgehead atoms. The molecule has 4 aromatic rings. The topological polar surface area (TPSA) is 76.0 Å². The Morgan fingerprint density at radius 3 is 2.31 bits per heavy atom. The molecule has 7 heteroatoms. The zero-order chi connectivity index (χ0) is 17.6. The van der Waals surface area contributed by atoms with Crippen LogP contribution in [0.15, 0.2) is 59.4 Å². The molecular formula is C19H14IrN3O2S-. The first-order valence-electron chi connectivity index (χ1n) is 7.47. The summed E-state index contributed by atoms with van der Waals surface area (Å²) in [5.41, 5.74) is 6.30. The molecule has 0 saturated heterocycles. The van der Waals surface area contributed by atoms with Gasteiger partial charge in [0.15, 0.2) is 5.69 Å². The number of nitrogens with zero attached hydrogens (tertiary/aromatic N) is 3. The molecule has 2 aromatic carbocycles. The SMILES string of the molecule is Cc1nc2ccccc2nc1-c1[c-]cccc1.O=C(O)c1cscn1.[Ir]. The monoisotopic (exact) mass is 541 g/mol. The fraction of sp³-hybridized carbons (Fsp3) is 0.0526. The fourth-order valence-corrected chi connectivity index (χ4v) is 2.73. The van der Waals surface area contributed by atoms with E-state index in [1.165, 1.54) is 22.2 Å². The summed E-state index contributed by atoms with van der Waals surface area (Å²) in [5, 5.41) is 9.71. The number of para-hydroxylation sites is 2. The Morgan fingerprint density at radius 2 is 1.77 bits per heavy atom. The van der Waals surface area contributed by atoms with E-state index < -0.39 is 5.97 Å². The molecule has 0 unspecified atom stereocenters. The molecule has 1 N–H and O–H groups in total. The molecule has 1 radical (unpaired) electrons. The number of fused-ring (bicyclic) bond motifs is 1. The van der Waals surface area contributed by atoms with Crippen LogP contribution in [0.3, 0.4) is 0 Å². The number of rotatable bonds is 2. The second kappa shape index (κ2) is 9.29. The third-order valence-corrected chi connectivity index (χ3v) is 3.95. The van der Waals surface area contributed by atoms with Gasteiger partial charge >= 0.3 is 5.97 Å². The van der Waals surface area contributed by atoms with Crippen molar-refractivity contribution in [2.45, 2.75) is 6.92 Å². The molecule has 5 nitrogen and oxygen atoms in total. The zero-order valence-corrected chi connectivity index (χ0v) is 16.9. The number of aromatic carboxylic acids is 1. The van der Waals surface area contributed by atoms with Gasteiger partial charge in [0, 0.05) is 36.9 Å². The summed E-state index contributed by atoms with van der Waals surface area (Å²) in [4.78, 5) is 22.8. The summed E-state index contributed by atoms with van der Waals surface area (Å²) in [7, 11) is 0. The molecule has 0 amide bonds. The van der Waals surface area contributed by atoms with Crippen molar-refractivity contribution in [3.8, 4) is 11.3 Å². The summed E-state index contributed by atoms with van der Waals surface area (Å²) in [6.45, 7) is 1.98. The number of hydrogen-bond donors (Lipinski definition) is 1. The maximum absolute atomic E-state index is 10.0. The van der Waals surface area contributed by atoms with Gasteiger partial charge in [-0.1, -0.05) is 12.1 Å². The largest absolute Gasteiger partial charge is 0.476 e. The van der Waals surface area contributed by atoms with Crippen LogP contribution in [-0.2, 0) is 20.1 Å². The van der Waals surface area contributed by atoms with Crippen molar-refractivity contribution in [2.75, 3.05) is 0 Å². The summed E-state index contributed by atoms with van der Waals surface area (Å²) >= 11 is 1.28. The van der Waals surface area contributed by atoms with E-state index in [0.29, 0.717) is 0 Å². The average molecular weight is 541 g/mol. The van der Waals surface area contributed by atoms with E-state index in [-0.39, 0.29) is 25.8 Å². The minimum absolute atomic E-state index is 0. The second-order valence-corrected chi connectivity index (χ2v) is 5.82. The Bertz CT molecular complexity index is 992. The molecule has 133 valence electrons. The molecule has 0 aliphatic carbocycles. The quantitative estimate of drug-likeness (QED) is 0.385. The number of aromatic nitrogens is 3. The molecule has 2 heterocycles. The Kier molecular flexibility index (Phi) is 7.09. The van der Waals surface area contributed by atoms with E-state index >= 15 is 0 Å². The number of hydrogen-bond acceptors (Lipinski definition) is 5. The maximum Gasteiger partial charge on any atom is 0.355 e. The zero-order valence-electron chi connectivity index (χ0n) is 13.7. The van der Waals surface area contributed by atoms with Crippen LogP contribution in [0.2, 0.25) is 0 Å². The van der Waals surface area contributed by atoms with E-state index in [9.17, 15) is 4.79 Å². The Hall–Kier alpha value is -2.47. The molecule has 0 fully saturated rings. The van der Waals surface area contributed by atoms with Crippen molar-refractivity contribution < 1.29 is 30.0 Å². The van der Waals surface area contributed by atoms with Crippen molar-refractivity contribution in [1.29, 1.82) is 0 Å². The van der Waals surface area contributed by atoms with Crippen LogP contribution < -0.4 is 0 Å². The van der Waals surface area contributed by atoms with Crippen molar-refractivity contribution in [2.24, 2.45) is 0 Å². The van der Waals surface area contributed by atoms with Crippen LogP contribution in [0.5, 0.6) is 0 Å². The van der Waals surface area contributed by atoms with E-state index in [4.69, 9.17) is 5.11 Å². The van der Waals surface area contributed by atoms with Crippen molar-refractivity contribution in [1.82, 2.24) is 15.0 Å². The van der Waals surface area contributed by atoms with Gasteiger partial charge in [-0.15, -0.1) is 47.2 Å². The van der Waals surface area contributed by atoms with Crippen LogP contribution >= 0.6 is 11.3 Å². The summed E-state index contributed by atoms with van der Waals surface area (Å²) in [6.07, 6.45) is 0. The van der Waals surface area contributed by atoms with Crippen molar-refractivity contribution in [3.63, 3.8) is 0 Å². The number of carbonyl (C=O) groups is 1. The second-order valence-electron chi connectivity index (χ2n) is 5.10. The first kappa shape index (κ1) is 19.8.